The van der Waals surface area contributed by atoms with Crippen LogP contribution in [0.1, 0.15) is 53.8 Å². The standard InChI is InChI=1S/C13H18N4OS/c14-7-9-10(15)11(12(16)18)19-13(9)17-8-5-3-1-2-4-6-8/h8,17H,1-6,15H2,(H2,16,18). The molecule has 1 saturated carbocycles. The Bertz CT molecular complexity index is 509. The van der Waals surface area contributed by atoms with Crippen molar-refractivity contribution in [1.29, 1.82) is 5.26 Å². The Balaban J connectivity index is 2.22. The Morgan fingerprint density at radius 3 is 2.47 bits per heavy atom. The fourth-order valence-corrected chi connectivity index (χ4v) is 3.45. The van der Waals surface area contributed by atoms with Crippen LogP contribution in [0, 0.1) is 11.3 Å². The largest absolute Gasteiger partial charge is 0.396 e. The lowest BCUT2D eigenvalue weighted by atomic mass is 10.1. The Labute approximate surface area is 116 Å². The number of anilines is 2. The molecule has 0 bridgehead atoms. The summed E-state index contributed by atoms with van der Waals surface area (Å²) in [5.41, 5.74) is 11.6. The lowest BCUT2D eigenvalue weighted by Crippen LogP contribution is -2.18. The minimum atomic E-state index is -0.576. The van der Waals surface area contributed by atoms with Crippen LogP contribution in [0.3, 0.4) is 0 Å². The van der Waals surface area contributed by atoms with Crippen molar-refractivity contribution in [2.45, 2.75) is 44.6 Å². The zero-order valence-corrected chi connectivity index (χ0v) is 11.6. The van der Waals surface area contributed by atoms with Crippen LogP contribution in [-0.2, 0) is 0 Å². The number of hydrogen-bond acceptors (Lipinski definition) is 5. The third-order valence-electron chi connectivity index (χ3n) is 3.47. The van der Waals surface area contributed by atoms with Gasteiger partial charge in [-0.25, -0.2) is 0 Å². The first-order valence-electron chi connectivity index (χ1n) is 6.52. The molecule has 1 aromatic rings. The quantitative estimate of drug-likeness (QED) is 0.738. The summed E-state index contributed by atoms with van der Waals surface area (Å²) >= 11 is 1.19. The molecular formula is C13H18N4OS. The third kappa shape index (κ3) is 2.99. The number of nitrogens with one attached hydrogen (secondary N) is 1. The molecule has 5 N–H and O–H groups in total. The number of thiophene rings is 1. The van der Waals surface area contributed by atoms with Crippen molar-refractivity contribution in [3.63, 3.8) is 0 Å². The Kier molecular flexibility index (Phi) is 4.27. The highest BCUT2D eigenvalue weighted by molar-refractivity contribution is 7.18. The zero-order valence-electron chi connectivity index (χ0n) is 10.7. The van der Waals surface area contributed by atoms with Gasteiger partial charge in [-0.3, -0.25) is 4.79 Å². The number of nitrogen functional groups attached to an aromatic ring is 1. The van der Waals surface area contributed by atoms with Gasteiger partial charge in [0, 0.05) is 6.04 Å². The molecule has 0 saturated heterocycles. The molecular weight excluding hydrogens is 260 g/mol. The first-order chi connectivity index (χ1) is 9.13. The lowest BCUT2D eigenvalue weighted by molar-refractivity contribution is 0.100. The number of nitriles is 1. The van der Waals surface area contributed by atoms with Crippen LogP contribution in [0.2, 0.25) is 0 Å². The van der Waals surface area contributed by atoms with E-state index in [1.165, 1.54) is 37.0 Å². The molecule has 6 heteroatoms. The minimum absolute atomic E-state index is 0.205. The Morgan fingerprint density at radius 1 is 1.32 bits per heavy atom. The maximum absolute atomic E-state index is 11.3. The summed E-state index contributed by atoms with van der Waals surface area (Å²) in [5, 5.41) is 13.2. The van der Waals surface area contributed by atoms with E-state index >= 15 is 0 Å². The highest BCUT2D eigenvalue weighted by Crippen LogP contribution is 2.36. The van der Waals surface area contributed by atoms with Crippen LogP contribution < -0.4 is 16.8 Å². The van der Waals surface area contributed by atoms with E-state index in [-0.39, 0.29) is 10.6 Å². The number of nitrogens with two attached hydrogens (primary N) is 2. The molecule has 0 atom stereocenters. The summed E-state index contributed by atoms with van der Waals surface area (Å²) in [4.78, 5) is 11.5. The van der Waals surface area contributed by atoms with E-state index in [0.717, 1.165) is 12.8 Å². The predicted octanol–water partition coefficient (Wildman–Crippen LogP) is 2.44. The highest BCUT2D eigenvalue weighted by atomic mass is 32.1. The van der Waals surface area contributed by atoms with Crippen LogP contribution in [0.5, 0.6) is 0 Å². The fourth-order valence-electron chi connectivity index (χ4n) is 2.45. The SMILES string of the molecule is N#Cc1c(NC2CCCCCC2)sc(C(N)=O)c1N. The Morgan fingerprint density at radius 2 is 1.95 bits per heavy atom. The second-order valence-corrected chi connectivity index (χ2v) is 5.88. The van der Waals surface area contributed by atoms with Crippen molar-refractivity contribution in [2.24, 2.45) is 5.73 Å². The second-order valence-electron chi connectivity index (χ2n) is 4.86. The van der Waals surface area contributed by atoms with Crippen molar-refractivity contribution in [1.82, 2.24) is 0 Å². The number of amides is 1. The maximum Gasteiger partial charge on any atom is 0.261 e. The highest BCUT2D eigenvalue weighted by Gasteiger charge is 2.21. The van der Waals surface area contributed by atoms with E-state index in [1.54, 1.807) is 0 Å². The molecule has 1 aromatic heterocycles. The van der Waals surface area contributed by atoms with E-state index in [2.05, 4.69) is 11.4 Å². The van der Waals surface area contributed by atoms with Crippen molar-refractivity contribution in [3.05, 3.63) is 10.4 Å². The predicted molar refractivity (Wildman–Crippen MR) is 77.1 cm³/mol. The number of primary amides is 1. The summed E-state index contributed by atoms with van der Waals surface area (Å²) < 4.78 is 0. The van der Waals surface area contributed by atoms with E-state index in [0.29, 0.717) is 16.6 Å². The maximum atomic E-state index is 11.3. The van der Waals surface area contributed by atoms with E-state index in [1.807, 2.05) is 0 Å². The van der Waals surface area contributed by atoms with E-state index in [4.69, 9.17) is 16.7 Å². The zero-order chi connectivity index (χ0) is 13.8. The van der Waals surface area contributed by atoms with Gasteiger partial charge in [-0.2, -0.15) is 5.26 Å². The van der Waals surface area contributed by atoms with Gasteiger partial charge in [0.25, 0.3) is 5.91 Å². The topological polar surface area (TPSA) is 105 Å². The summed E-state index contributed by atoms with van der Waals surface area (Å²) in [6.45, 7) is 0. The van der Waals surface area contributed by atoms with E-state index < -0.39 is 5.91 Å². The fraction of sp³-hybridized carbons (Fsp3) is 0.538. The number of carbonyl (C=O) groups excluding carboxylic acids is 1. The monoisotopic (exact) mass is 278 g/mol. The number of nitrogens with zero attached hydrogens (tertiary/aromatic N) is 1. The number of hydrogen-bond donors (Lipinski definition) is 3. The molecule has 0 spiro atoms. The van der Waals surface area contributed by atoms with Crippen LogP contribution in [-0.4, -0.2) is 11.9 Å². The Hall–Kier alpha value is -1.74. The molecule has 1 heterocycles. The van der Waals surface area contributed by atoms with Gasteiger partial charge in [0.1, 0.15) is 21.5 Å². The normalized spacial score (nSPS) is 16.6. The van der Waals surface area contributed by atoms with Crippen molar-refractivity contribution < 1.29 is 4.79 Å². The number of rotatable bonds is 3. The van der Waals surface area contributed by atoms with Crippen molar-refractivity contribution in [3.8, 4) is 6.07 Å². The van der Waals surface area contributed by atoms with Gasteiger partial charge in [0.05, 0.1) is 5.69 Å². The van der Waals surface area contributed by atoms with Gasteiger partial charge < -0.3 is 16.8 Å². The summed E-state index contributed by atoms with van der Waals surface area (Å²) in [5.74, 6) is -0.576. The van der Waals surface area contributed by atoms with Gasteiger partial charge >= 0.3 is 0 Å². The van der Waals surface area contributed by atoms with Crippen LogP contribution >= 0.6 is 11.3 Å². The third-order valence-corrected chi connectivity index (χ3v) is 4.62. The van der Waals surface area contributed by atoms with Crippen LogP contribution in [0.15, 0.2) is 0 Å². The summed E-state index contributed by atoms with van der Waals surface area (Å²) in [6, 6.07) is 2.41. The van der Waals surface area contributed by atoms with Gasteiger partial charge in [0.2, 0.25) is 0 Å². The molecule has 19 heavy (non-hydrogen) atoms. The lowest BCUT2D eigenvalue weighted by Gasteiger charge is -2.16. The first-order valence-corrected chi connectivity index (χ1v) is 7.33. The molecule has 102 valence electrons. The molecule has 0 aromatic carbocycles. The molecule has 0 unspecified atom stereocenters. The minimum Gasteiger partial charge on any atom is -0.396 e. The van der Waals surface area contributed by atoms with Crippen LogP contribution in [0.4, 0.5) is 10.7 Å². The average Bonchev–Trinajstić information content (AvgIpc) is 2.55. The molecule has 1 aliphatic rings. The molecule has 1 aliphatic carbocycles. The van der Waals surface area contributed by atoms with Gasteiger partial charge in [-0.1, -0.05) is 25.7 Å². The van der Waals surface area contributed by atoms with Crippen molar-refractivity contribution in [2.75, 3.05) is 11.1 Å². The second kappa shape index (κ2) is 5.93. The van der Waals surface area contributed by atoms with Crippen molar-refractivity contribution >= 4 is 27.9 Å². The number of carbonyl (C=O) groups is 1. The van der Waals surface area contributed by atoms with Crippen LogP contribution in [0.25, 0.3) is 0 Å². The molecule has 0 radical (unpaired) electrons. The summed E-state index contributed by atoms with van der Waals surface area (Å²) in [6.07, 6.45) is 7.11. The molecule has 5 nitrogen and oxygen atoms in total. The first kappa shape index (κ1) is 13.7. The molecule has 1 amide bonds. The molecule has 2 rings (SSSR count). The van der Waals surface area contributed by atoms with E-state index in [9.17, 15) is 4.79 Å². The smallest absolute Gasteiger partial charge is 0.261 e. The van der Waals surface area contributed by atoms with Gasteiger partial charge in [-0.05, 0) is 12.8 Å². The van der Waals surface area contributed by atoms with Gasteiger partial charge in [0.15, 0.2) is 0 Å². The average molecular weight is 278 g/mol. The molecule has 1 fully saturated rings. The summed E-state index contributed by atoms with van der Waals surface area (Å²) in [7, 11) is 0. The molecule has 0 aliphatic heterocycles. The van der Waals surface area contributed by atoms with Gasteiger partial charge in [-0.15, -0.1) is 11.3 Å².